The van der Waals surface area contributed by atoms with Crippen LogP contribution >= 0.6 is 0 Å². The van der Waals surface area contributed by atoms with Gasteiger partial charge in [-0.15, -0.1) is 0 Å². The number of nitrogens with zero attached hydrogens (tertiary/aromatic N) is 1. The molecule has 0 aliphatic carbocycles. The second-order valence-corrected chi connectivity index (χ2v) is 6.52. The Hall–Kier alpha value is -2.23. The molecule has 1 aliphatic heterocycles. The highest BCUT2D eigenvalue weighted by Crippen LogP contribution is 2.21. The lowest BCUT2D eigenvalue weighted by Gasteiger charge is -2.33. The van der Waals surface area contributed by atoms with Crippen molar-refractivity contribution in [2.24, 2.45) is 0 Å². The first-order chi connectivity index (χ1) is 11.1. The van der Waals surface area contributed by atoms with Gasteiger partial charge >= 0.3 is 0 Å². The molecule has 0 spiro atoms. The number of furan rings is 1. The normalized spacial score (nSPS) is 18.2. The summed E-state index contributed by atoms with van der Waals surface area (Å²) in [5.74, 6) is 0.599. The minimum Gasteiger partial charge on any atom is -0.472 e. The summed E-state index contributed by atoms with van der Waals surface area (Å²) < 4.78 is 5.02. The number of benzene rings is 1. The third-order valence-electron chi connectivity index (χ3n) is 4.42. The van der Waals surface area contributed by atoms with E-state index in [0.717, 1.165) is 31.6 Å². The predicted octanol–water partition coefficient (Wildman–Crippen LogP) is 4.12. The molecule has 0 radical (unpaired) electrons. The maximum atomic E-state index is 12.4. The van der Waals surface area contributed by atoms with Gasteiger partial charge in [-0.1, -0.05) is 26.0 Å². The Balaban J connectivity index is 1.61. The van der Waals surface area contributed by atoms with Crippen LogP contribution in [-0.4, -0.2) is 29.9 Å². The Morgan fingerprint density at radius 3 is 2.70 bits per heavy atom. The molecule has 4 heteroatoms. The van der Waals surface area contributed by atoms with Gasteiger partial charge in [0.2, 0.25) is 0 Å². The molecule has 2 heterocycles. The van der Waals surface area contributed by atoms with E-state index in [9.17, 15) is 4.79 Å². The number of hydrogen-bond acceptors (Lipinski definition) is 3. The maximum absolute atomic E-state index is 12.4. The van der Waals surface area contributed by atoms with E-state index in [4.69, 9.17) is 4.42 Å². The van der Waals surface area contributed by atoms with Crippen molar-refractivity contribution in [1.29, 1.82) is 0 Å². The van der Waals surface area contributed by atoms with Gasteiger partial charge in [-0.2, -0.15) is 0 Å². The van der Waals surface area contributed by atoms with E-state index >= 15 is 0 Å². The van der Waals surface area contributed by atoms with E-state index in [0.29, 0.717) is 17.5 Å². The Labute approximate surface area is 137 Å². The predicted molar refractivity (Wildman–Crippen MR) is 91.8 cm³/mol. The zero-order chi connectivity index (χ0) is 16.2. The highest BCUT2D eigenvalue weighted by Gasteiger charge is 2.24. The van der Waals surface area contributed by atoms with Crippen LogP contribution in [0, 0.1) is 0 Å². The maximum Gasteiger partial charge on any atom is 0.257 e. The molecule has 4 nitrogen and oxygen atoms in total. The molecule has 0 unspecified atom stereocenters. The van der Waals surface area contributed by atoms with Gasteiger partial charge < -0.3 is 14.6 Å². The monoisotopic (exact) mass is 312 g/mol. The minimum absolute atomic E-state index is 0.0559. The average molecular weight is 312 g/mol. The average Bonchev–Trinajstić information content (AvgIpc) is 3.09. The van der Waals surface area contributed by atoms with Crippen molar-refractivity contribution in [2.45, 2.75) is 38.6 Å². The quantitative estimate of drug-likeness (QED) is 0.923. The summed E-state index contributed by atoms with van der Waals surface area (Å²) in [4.78, 5) is 14.3. The topological polar surface area (TPSA) is 45.5 Å². The fourth-order valence-electron chi connectivity index (χ4n) is 3.05. The van der Waals surface area contributed by atoms with Crippen LogP contribution in [0.5, 0.6) is 0 Å². The largest absolute Gasteiger partial charge is 0.472 e. The second-order valence-electron chi connectivity index (χ2n) is 6.52. The van der Waals surface area contributed by atoms with Crippen LogP contribution in [0.25, 0.3) is 0 Å². The number of amides is 1. The summed E-state index contributed by atoms with van der Waals surface area (Å²) >= 11 is 0. The molecular weight excluding hydrogens is 288 g/mol. The van der Waals surface area contributed by atoms with E-state index in [1.807, 2.05) is 4.90 Å². The Morgan fingerprint density at radius 2 is 2.04 bits per heavy atom. The molecular formula is C19H24N2O2. The number of piperidine rings is 1. The fraction of sp³-hybridized carbons (Fsp3) is 0.421. The zero-order valence-electron chi connectivity index (χ0n) is 13.8. The number of likely N-dealkylation sites (tertiary alicyclic amines) is 1. The van der Waals surface area contributed by atoms with Crippen LogP contribution in [0.15, 0.2) is 47.3 Å². The number of carbonyl (C=O) groups is 1. The molecule has 122 valence electrons. The summed E-state index contributed by atoms with van der Waals surface area (Å²) in [6.45, 7) is 5.94. The number of anilines is 1. The number of nitrogens with one attached hydrogen (secondary N) is 1. The van der Waals surface area contributed by atoms with E-state index in [1.54, 1.807) is 12.3 Å². The highest BCUT2D eigenvalue weighted by molar-refractivity contribution is 5.93. The molecule has 1 fully saturated rings. The van der Waals surface area contributed by atoms with Gasteiger partial charge in [-0.05, 0) is 42.5 Å². The minimum atomic E-state index is 0.0559. The van der Waals surface area contributed by atoms with Gasteiger partial charge in [0.15, 0.2) is 0 Å². The SMILES string of the molecule is CC(C)c1ccc(N[C@@H]2CCCN(C(=O)c3ccoc3)C2)cc1. The van der Waals surface area contributed by atoms with Crippen molar-refractivity contribution >= 4 is 11.6 Å². The van der Waals surface area contributed by atoms with Gasteiger partial charge in [0, 0.05) is 24.8 Å². The molecule has 1 amide bonds. The smallest absolute Gasteiger partial charge is 0.257 e. The van der Waals surface area contributed by atoms with Gasteiger partial charge in [-0.3, -0.25) is 4.79 Å². The molecule has 2 aromatic rings. The molecule has 1 saturated heterocycles. The summed E-state index contributed by atoms with van der Waals surface area (Å²) in [7, 11) is 0. The first kappa shape index (κ1) is 15.7. The van der Waals surface area contributed by atoms with E-state index in [1.165, 1.54) is 11.8 Å². The van der Waals surface area contributed by atoms with E-state index in [2.05, 4.69) is 43.4 Å². The van der Waals surface area contributed by atoms with Crippen molar-refractivity contribution in [3.8, 4) is 0 Å². The molecule has 0 saturated carbocycles. The van der Waals surface area contributed by atoms with Crippen molar-refractivity contribution in [1.82, 2.24) is 4.90 Å². The van der Waals surface area contributed by atoms with Crippen molar-refractivity contribution < 1.29 is 9.21 Å². The highest BCUT2D eigenvalue weighted by atomic mass is 16.3. The van der Waals surface area contributed by atoms with Crippen molar-refractivity contribution in [3.05, 3.63) is 54.0 Å². The van der Waals surface area contributed by atoms with Crippen LogP contribution in [-0.2, 0) is 0 Å². The lowest BCUT2D eigenvalue weighted by atomic mass is 10.0. The van der Waals surface area contributed by atoms with Crippen LogP contribution in [0.1, 0.15) is 48.5 Å². The fourth-order valence-corrected chi connectivity index (χ4v) is 3.05. The standard InChI is InChI=1S/C19H24N2O2/c1-14(2)15-5-7-17(8-6-15)20-18-4-3-10-21(12-18)19(22)16-9-11-23-13-16/h5-9,11,13-14,18,20H,3-4,10,12H2,1-2H3/t18-/m1/s1. The van der Waals surface area contributed by atoms with Crippen LogP contribution in [0.2, 0.25) is 0 Å². The Kier molecular flexibility index (Phi) is 4.70. The van der Waals surface area contributed by atoms with Gasteiger partial charge in [-0.25, -0.2) is 0 Å². The Bertz CT molecular complexity index is 632. The number of carbonyl (C=O) groups excluding carboxylic acids is 1. The lowest BCUT2D eigenvalue weighted by Crippen LogP contribution is -2.45. The molecule has 1 aromatic carbocycles. The third-order valence-corrected chi connectivity index (χ3v) is 4.42. The van der Waals surface area contributed by atoms with E-state index in [-0.39, 0.29) is 5.91 Å². The Morgan fingerprint density at radius 1 is 1.26 bits per heavy atom. The van der Waals surface area contributed by atoms with Crippen molar-refractivity contribution in [2.75, 3.05) is 18.4 Å². The molecule has 0 bridgehead atoms. The summed E-state index contributed by atoms with van der Waals surface area (Å²) in [5, 5.41) is 3.56. The molecule has 3 rings (SSSR count). The number of hydrogen-bond donors (Lipinski definition) is 1. The summed E-state index contributed by atoms with van der Waals surface area (Å²) in [6.07, 6.45) is 5.17. The van der Waals surface area contributed by atoms with Gasteiger partial charge in [0.25, 0.3) is 5.91 Å². The second kappa shape index (κ2) is 6.90. The zero-order valence-corrected chi connectivity index (χ0v) is 13.8. The summed E-state index contributed by atoms with van der Waals surface area (Å²) in [5.41, 5.74) is 3.10. The van der Waals surface area contributed by atoms with Gasteiger partial charge in [0.05, 0.1) is 11.8 Å². The van der Waals surface area contributed by atoms with Crippen LogP contribution < -0.4 is 5.32 Å². The molecule has 1 atom stereocenters. The molecule has 1 N–H and O–H groups in total. The van der Waals surface area contributed by atoms with E-state index < -0.39 is 0 Å². The third kappa shape index (κ3) is 3.76. The van der Waals surface area contributed by atoms with Crippen LogP contribution in [0.4, 0.5) is 5.69 Å². The summed E-state index contributed by atoms with van der Waals surface area (Å²) in [6, 6.07) is 10.6. The molecule has 1 aliphatic rings. The number of rotatable bonds is 4. The van der Waals surface area contributed by atoms with Crippen LogP contribution in [0.3, 0.4) is 0 Å². The lowest BCUT2D eigenvalue weighted by molar-refractivity contribution is 0.0714. The first-order valence-electron chi connectivity index (χ1n) is 8.31. The molecule has 1 aromatic heterocycles. The molecule has 23 heavy (non-hydrogen) atoms. The van der Waals surface area contributed by atoms with Gasteiger partial charge in [0.1, 0.15) is 6.26 Å². The van der Waals surface area contributed by atoms with Crippen molar-refractivity contribution in [3.63, 3.8) is 0 Å². The first-order valence-corrected chi connectivity index (χ1v) is 8.31.